The highest BCUT2D eigenvalue weighted by Crippen LogP contribution is 2.31. The first-order valence-corrected chi connectivity index (χ1v) is 8.00. The molecule has 116 valence electrons. The summed E-state index contributed by atoms with van der Waals surface area (Å²) < 4.78 is 0. The fourth-order valence-corrected chi connectivity index (χ4v) is 3.45. The van der Waals surface area contributed by atoms with E-state index in [1.165, 1.54) is 18.3 Å². The number of nitrogens with zero attached hydrogens (tertiary/aromatic N) is 1. The standard InChI is InChI=1S/C14H21N3O3S/c1-9-4-3-5-14(20,6-9)8-15-12(19)11-7-21-13(17-11)16-10(2)18/h7,9,20H,3-6,8H2,1-2H3,(H,15,19)(H,16,17,18). The predicted molar refractivity (Wildman–Crippen MR) is 81.3 cm³/mol. The van der Waals surface area contributed by atoms with Gasteiger partial charge in [-0.3, -0.25) is 9.59 Å². The summed E-state index contributed by atoms with van der Waals surface area (Å²) in [4.78, 5) is 27.0. The van der Waals surface area contributed by atoms with Gasteiger partial charge in [0, 0.05) is 18.8 Å². The molecule has 1 fully saturated rings. The van der Waals surface area contributed by atoms with E-state index < -0.39 is 5.60 Å². The van der Waals surface area contributed by atoms with Crippen LogP contribution in [-0.2, 0) is 4.79 Å². The van der Waals surface area contributed by atoms with Gasteiger partial charge >= 0.3 is 0 Å². The average Bonchev–Trinajstić information content (AvgIpc) is 2.83. The Hall–Kier alpha value is -1.47. The lowest BCUT2D eigenvalue weighted by molar-refractivity contribution is -0.114. The summed E-state index contributed by atoms with van der Waals surface area (Å²) in [7, 11) is 0. The Kier molecular flexibility index (Phi) is 4.95. The summed E-state index contributed by atoms with van der Waals surface area (Å²) in [5, 5.41) is 17.7. The van der Waals surface area contributed by atoms with E-state index in [-0.39, 0.29) is 24.1 Å². The van der Waals surface area contributed by atoms with E-state index in [0.717, 1.165) is 12.8 Å². The van der Waals surface area contributed by atoms with Gasteiger partial charge in [0.2, 0.25) is 5.91 Å². The van der Waals surface area contributed by atoms with Crippen LogP contribution in [0.5, 0.6) is 0 Å². The molecule has 0 spiro atoms. The van der Waals surface area contributed by atoms with Crippen molar-refractivity contribution in [1.29, 1.82) is 0 Å². The number of nitrogens with one attached hydrogen (secondary N) is 2. The molecule has 0 aromatic carbocycles. The highest BCUT2D eigenvalue weighted by molar-refractivity contribution is 7.14. The number of rotatable bonds is 4. The lowest BCUT2D eigenvalue weighted by Crippen LogP contribution is -2.45. The lowest BCUT2D eigenvalue weighted by atomic mass is 9.79. The van der Waals surface area contributed by atoms with Crippen LogP contribution in [0.4, 0.5) is 5.13 Å². The van der Waals surface area contributed by atoms with Gasteiger partial charge in [0.05, 0.1) is 5.60 Å². The fraction of sp³-hybridized carbons (Fsp3) is 0.643. The largest absolute Gasteiger partial charge is 0.388 e. The number of thiazole rings is 1. The molecule has 2 unspecified atom stereocenters. The molecule has 21 heavy (non-hydrogen) atoms. The van der Waals surface area contributed by atoms with Gasteiger partial charge in [-0.1, -0.05) is 19.8 Å². The van der Waals surface area contributed by atoms with E-state index in [4.69, 9.17) is 0 Å². The second kappa shape index (κ2) is 6.53. The maximum Gasteiger partial charge on any atom is 0.270 e. The van der Waals surface area contributed by atoms with E-state index >= 15 is 0 Å². The van der Waals surface area contributed by atoms with Crippen LogP contribution in [-0.4, -0.2) is 34.1 Å². The summed E-state index contributed by atoms with van der Waals surface area (Å²) in [6.45, 7) is 3.75. The first-order chi connectivity index (χ1) is 9.88. The molecule has 1 aliphatic rings. The maximum absolute atomic E-state index is 12.0. The lowest BCUT2D eigenvalue weighted by Gasteiger charge is -2.35. The SMILES string of the molecule is CC(=O)Nc1nc(C(=O)NCC2(O)CCCC(C)C2)cs1. The third kappa shape index (κ3) is 4.50. The Morgan fingerprint density at radius 3 is 3.00 bits per heavy atom. The van der Waals surface area contributed by atoms with Gasteiger partial charge in [0.25, 0.3) is 5.91 Å². The zero-order valence-electron chi connectivity index (χ0n) is 12.3. The van der Waals surface area contributed by atoms with Gasteiger partial charge in [-0.25, -0.2) is 4.98 Å². The average molecular weight is 311 g/mol. The molecule has 6 nitrogen and oxygen atoms in total. The molecule has 1 aromatic heterocycles. The molecule has 2 rings (SSSR count). The molecule has 0 aliphatic heterocycles. The van der Waals surface area contributed by atoms with Crippen molar-refractivity contribution < 1.29 is 14.7 Å². The molecule has 1 aliphatic carbocycles. The highest BCUT2D eigenvalue weighted by atomic mass is 32.1. The van der Waals surface area contributed by atoms with Crippen LogP contribution in [0.1, 0.15) is 50.0 Å². The van der Waals surface area contributed by atoms with Crippen molar-refractivity contribution in [2.45, 2.75) is 45.1 Å². The quantitative estimate of drug-likeness (QED) is 0.790. The Balaban J connectivity index is 1.89. The number of amides is 2. The number of anilines is 1. The van der Waals surface area contributed by atoms with Crippen LogP contribution >= 0.6 is 11.3 Å². The van der Waals surface area contributed by atoms with Gasteiger partial charge in [-0.2, -0.15) is 0 Å². The minimum Gasteiger partial charge on any atom is -0.388 e. The molecule has 3 N–H and O–H groups in total. The summed E-state index contributed by atoms with van der Waals surface area (Å²) in [5.41, 5.74) is -0.555. The Morgan fingerprint density at radius 1 is 1.57 bits per heavy atom. The van der Waals surface area contributed by atoms with E-state index in [9.17, 15) is 14.7 Å². The molecule has 2 atom stereocenters. The first-order valence-electron chi connectivity index (χ1n) is 7.12. The normalized spacial score (nSPS) is 25.4. The zero-order valence-corrected chi connectivity index (χ0v) is 13.1. The van der Waals surface area contributed by atoms with E-state index in [2.05, 4.69) is 22.5 Å². The second-order valence-corrected chi connectivity index (χ2v) is 6.69. The van der Waals surface area contributed by atoms with E-state index in [1.807, 2.05) is 0 Å². The van der Waals surface area contributed by atoms with Crippen LogP contribution in [0, 0.1) is 5.92 Å². The molecule has 0 saturated heterocycles. The van der Waals surface area contributed by atoms with Crippen LogP contribution in [0.25, 0.3) is 0 Å². The second-order valence-electron chi connectivity index (χ2n) is 5.83. The fourth-order valence-electron chi connectivity index (χ4n) is 2.71. The van der Waals surface area contributed by atoms with Crippen molar-refractivity contribution in [3.63, 3.8) is 0 Å². The zero-order chi connectivity index (χ0) is 15.5. The summed E-state index contributed by atoms with van der Waals surface area (Å²) >= 11 is 1.20. The smallest absolute Gasteiger partial charge is 0.270 e. The predicted octanol–water partition coefficient (Wildman–Crippen LogP) is 1.77. The minimum absolute atomic E-state index is 0.221. The van der Waals surface area contributed by atoms with E-state index in [0.29, 0.717) is 23.9 Å². The number of carbonyl (C=O) groups is 2. The van der Waals surface area contributed by atoms with Crippen molar-refractivity contribution >= 4 is 28.3 Å². The molecule has 7 heteroatoms. The Bertz CT molecular complexity index is 531. The molecular formula is C14H21N3O3S. The molecule has 1 heterocycles. The van der Waals surface area contributed by atoms with Crippen molar-refractivity contribution in [2.75, 3.05) is 11.9 Å². The van der Waals surface area contributed by atoms with Crippen LogP contribution in [0.15, 0.2) is 5.38 Å². The number of hydrogen-bond donors (Lipinski definition) is 3. The Morgan fingerprint density at radius 2 is 2.33 bits per heavy atom. The van der Waals surface area contributed by atoms with Crippen molar-refractivity contribution in [3.05, 3.63) is 11.1 Å². The molecule has 0 bridgehead atoms. The minimum atomic E-state index is -0.816. The van der Waals surface area contributed by atoms with Gasteiger partial charge in [-0.15, -0.1) is 11.3 Å². The first kappa shape index (κ1) is 15.9. The van der Waals surface area contributed by atoms with E-state index in [1.54, 1.807) is 5.38 Å². The number of aliphatic hydroxyl groups is 1. The monoisotopic (exact) mass is 311 g/mol. The van der Waals surface area contributed by atoms with Gasteiger partial charge in [0.1, 0.15) is 5.69 Å². The van der Waals surface area contributed by atoms with Crippen molar-refractivity contribution in [2.24, 2.45) is 5.92 Å². The van der Waals surface area contributed by atoms with Crippen LogP contribution < -0.4 is 10.6 Å². The molecule has 1 saturated carbocycles. The van der Waals surface area contributed by atoms with Crippen molar-refractivity contribution in [1.82, 2.24) is 10.3 Å². The molecular weight excluding hydrogens is 290 g/mol. The third-order valence-corrected chi connectivity index (χ3v) is 4.42. The maximum atomic E-state index is 12.0. The molecule has 2 amide bonds. The van der Waals surface area contributed by atoms with Gasteiger partial charge < -0.3 is 15.7 Å². The summed E-state index contributed by atoms with van der Waals surface area (Å²) in [6.07, 6.45) is 3.53. The van der Waals surface area contributed by atoms with Gasteiger partial charge in [0.15, 0.2) is 5.13 Å². The van der Waals surface area contributed by atoms with Gasteiger partial charge in [-0.05, 0) is 18.8 Å². The number of carbonyl (C=O) groups excluding carboxylic acids is 2. The topological polar surface area (TPSA) is 91.3 Å². The third-order valence-electron chi connectivity index (χ3n) is 3.67. The van der Waals surface area contributed by atoms with Crippen LogP contribution in [0.3, 0.4) is 0 Å². The summed E-state index contributed by atoms with van der Waals surface area (Å²) in [6, 6.07) is 0. The summed E-state index contributed by atoms with van der Waals surface area (Å²) in [5.74, 6) is -0.0670. The molecule has 1 aromatic rings. The highest BCUT2D eigenvalue weighted by Gasteiger charge is 2.33. The molecule has 0 radical (unpaired) electrons. The van der Waals surface area contributed by atoms with Crippen molar-refractivity contribution in [3.8, 4) is 0 Å². The number of hydrogen-bond acceptors (Lipinski definition) is 5. The Labute approximate surface area is 128 Å². The number of aromatic nitrogens is 1. The van der Waals surface area contributed by atoms with Crippen LogP contribution in [0.2, 0.25) is 0 Å².